The molecule has 0 unspecified atom stereocenters. The molecule has 3 aromatic heterocycles. The number of aryl methyl sites for hydroxylation is 1. The maximum atomic E-state index is 4.68. The molecular formula is C16H19N5S2. The van der Waals surface area contributed by atoms with Crippen LogP contribution in [0.4, 0.5) is 5.82 Å². The fourth-order valence-corrected chi connectivity index (χ4v) is 4.53. The van der Waals surface area contributed by atoms with Crippen molar-refractivity contribution in [1.82, 2.24) is 19.9 Å². The molecule has 0 N–H and O–H groups in total. The lowest BCUT2D eigenvalue weighted by Gasteiger charge is -2.35. The van der Waals surface area contributed by atoms with Gasteiger partial charge in [-0.1, -0.05) is 6.92 Å². The van der Waals surface area contributed by atoms with Crippen molar-refractivity contribution in [1.29, 1.82) is 0 Å². The molecule has 1 saturated heterocycles. The van der Waals surface area contributed by atoms with Crippen molar-refractivity contribution in [3.63, 3.8) is 0 Å². The van der Waals surface area contributed by atoms with Crippen molar-refractivity contribution in [3.05, 3.63) is 33.9 Å². The predicted octanol–water partition coefficient (Wildman–Crippen LogP) is 3.03. The van der Waals surface area contributed by atoms with E-state index in [2.05, 4.69) is 48.5 Å². The molecule has 0 amide bonds. The summed E-state index contributed by atoms with van der Waals surface area (Å²) in [5.41, 5.74) is 2.26. The van der Waals surface area contributed by atoms with E-state index in [9.17, 15) is 0 Å². The quantitative estimate of drug-likeness (QED) is 0.727. The lowest BCUT2D eigenvalue weighted by molar-refractivity contribution is 0.247. The summed E-state index contributed by atoms with van der Waals surface area (Å²) in [6.07, 6.45) is 2.71. The van der Waals surface area contributed by atoms with Crippen LogP contribution < -0.4 is 4.90 Å². The van der Waals surface area contributed by atoms with Gasteiger partial charge in [-0.15, -0.1) is 22.7 Å². The first kappa shape index (κ1) is 15.0. The van der Waals surface area contributed by atoms with Gasteiger partial charge in [0.1, 0.15) is 12.1 Å². The summed E-state index contributed by atoms with van der Waals surface area (Å²) >= 11 is 3.50. The monoisotopic (exact) mass is 345 g/mol. The summed E-state index contributed by atoms with van der Waals surface area (Å²) < 4.78 is 1.20. The molecule has 0 atom stereocenters. The Hall–Kier alpha value is -1.57. The number of hydrogen-bond acceptors (Lipinski definition) is 7. The highest BCUT2D eigenvalue weighted by atomic mass is 32.1. The minimum absolute atomic E-state index is 0.961. The Bertz CT molecular complexity index is 788. The zero-order valence-corrected chi connectivity index (χ0v) is 14.7. The number of aromatic nitrogens is 3. The van der Waals surface area contributed by atoms with Crippen LogP contribution in [0.2, 0.25) is 0 Å². The van der Waals surface area contributed by atoms with Crippen molar-refractivity contribution >= 4 is 38.7 Å². The fraction of sp³-hybridized carbons (Fsp3) is 0.438. The maximum absolute atomic E-state index is 4.68. The molecule has 0 radical (unpaired) electrons. The van der Waals surface area contributed by atoms with Gasteiger partial charge < -0.3 is 4.90 Å². The van der Waals surface area contributed by atoms with E-state index in [1.807, 2.05) is 0 Å². The number of anilines is 1. The molecule has 5 nitrogen and oxygen atoms in total. The maximum Gasteiger partial charge on any atom is 0.150 e. The molecule has 0 spiro atoms. The standard InChI is InChI=1S/C16H19N5S2/c1-2-14-19-12(10-23-14)9-20-4-6-21(7-5-20)16-15-13(3-8-22-15)17-11-18-16/h3,8,10-11H,2,4-7,9H2,1H3. The zero-order chi connectivity index (χ0) is 15.6. The number of piperazine rings is 1. The molecule has 0 bridgehead atoms. The van der Waals surface area contributed by atoms with E-state index in [1.165, 1.54) is 15.4 Å². The number of rotatable bonds is 4. The fourth-order valence-electron chi connectivity index (χ4n) is 2.93. The van der Waals surface area contributed by atoms with Crippen molar-refractivity contribution in [2.24, 2.45) is 0 Å². The molecule has 4 heterocycles. The first-order valence-electron chi connectivity index (χ1n) is 7.92. The van der Waals surface area contributed by atoms with Gasteiger partial charge in [-0.3, -0.25) is 4.90 Å². The predicted molar refractivity (Wildman–Crippen MR) is 96.4 cm³/mol. The summed E-state index contributed by atoms with van der Waals surface area (Å²) in [5.74, 6) is 1.09. The van der Waals surface area contributed by atoms with Gasteiger partial charge in [-0.2, -0.15) is 0 Å². The van der Waals surface area contributed by atoms with Crippen LogP contribution in [-0.4, -0.2) is 46.0 Å². The Morgan fingerprint density at radius 1 is 1.13 bits per heavy atom. The minimum atomic E-state index is 0.961. The Morgan fingerprint density at radius 3 is 2.78 bits per heavy atom. The Morgan fingerprint density at radius 2 is 2.00 bits per heavy atom. The van der Waals surface area contributed by atoms with E-state index < -0.39 is 0 Å². The average molecular weight is 345 g/mol. The second-order valence-electron chi connectivity index (χ2n) is 5.68. The zero-order valence-electron chi connectivity index (χ0n) is 13.1. The second kappa shape index (κ2) is 6.51. The third-order valence-corrected chi connectivity index (χ3v) is 6.13. The van der Waals surface area contributed by atoms with E-state index in [0.717, 1.165) is 50.5 Å². The number of fused-ring (bicyclic) bond motifs is 1. The van der Waals surface area contributed by atoms with Crippen LogP contribution in [0.25, 0.3) is 10.2 Å². The molecule has 0 aliphatic carbocycles. The Balaban J connectivity index is 1.41. The number of nitrogens with zero attached hydrogens (tertiary/aromatic N) is 5. The van der Waals surface area contributed by atoms with Crippen LogP contribution in [0.1, 0.15) is 17.6 Å². The summed E-state index contributed by atoms with van der Waals surface area (Å²) in [5, 5.41) is 5.52. The summed E-state index contributed by atoms with van der Waals surface area (Å²) in [7, 11) is 0. The molecule has 23 heavy (non-hydrogen) atoms. The van der Waals surface area contributed by atoms with E-state index in [1.54, 1.807) is 29.0 Å². The molecule has 1 fully saturated rings. The topological polar surface area (TPSA) is 45.2 Å². The highest BCUT2D eigenvalue weighted by Crippen LogP contribution is 2.28. The normalized spacial score (nSPS) is 16.3. The van der Waals surface area contributed by atoms with Crippen LogP contribution in [0.3, 0.4) is 0 Å². The van der Waals surface area contributed by atoms with Crippen LogP contribution in [-0.2, 0) is 13.0 Å². The summed E-state index contributed by atoms with van der Waals surface area (Å²) in [6.45, 7) is 7.24. The van der Waals surface area contributed by atoms with E-state index in [0.29, 0.717) is 0 Å². The molecule has 1 aliphatic rings. The van der Waals surface area contributed by atoms with E-state index in [-0.39, 0.29) is 0 Å². The van der Waals surface area contributed by atoms with Gasteiger partial charge in [0.15, 0.2) is 0 Å². The van der Waals surface area contributed by atoms with Crippen molar-refractivity contribution in [2.75, 3.05) is 31.1 Å². The van der Waals surface area contributed by atoms with Gasteiger partial charge in [0, 0.05) is 38.1 Å². The second-order valence-corrected chi connectivity index (χ2v) is 7.54. The van der Waals surface area contributed by atoms with Gasteiger partial charge in [-0.05, 0) is 17.9 Å². The van der Waals surface area contributed by atoms with Gasteiger partial charge in [0.25, 0.3) is 0 Å². The van der Waals surface area contributed by atoms with Gasteiger partial charge in [0.2, 0.25) is 0 Å². The van der Waals surface area contributed by atoms with E-state index in [4.69, 9.17) is 0 Å². The van der Waals surface area contributed by atoms with Gasteiger partial charge in [-0.25, -0.2) is 15.0 Å². The number of hydrogen-bond donors (Lipinski definition) is 0. The Labute approximate surface area is 143 Å². The third-order valence-electron chi connectivity index (χ3n) is 4.18. The smallest absolute Gasteiger partial charge is 0.150 e. The van der Waals surface area contributed by atoms with Crippen LogP contribution in [0.5, 0.6) is 0 Å². The summed E-state index contributed by atoms with van der Waals surface area (Å²) in [6, 6.07) is 2.06. The highest BCUT2D eigenvalue weighted by molar-refractivity contribution is 7.17. The first-order valence-corrected chi connectivity index (χ1v) is 9.68. The van der Waals surface area contributed by atoms with E-state index >= 15 is 0 Å². The lowest BCUT2D eigenvalue weighted by atomic mass is 10.3. The molecule has 0 aromatic carbocycles. The SMILES string of the molecule is CCc1nc(CN2CCN(c3ncnc4ccsc34)CC2)cs1. The number of thiophene rings is 1. The van der Waals surface area contributed by atoms with Gasteiger partial charge in [0.05, 0.1) is 20.9 Å². The molecule has 1 aliphatic heterocycles. The van der Waals surface area contributed by atoms with Crippen molar-refractivity contribution < 1.29 is 0 Å². The largest absolute Gasteiger partial charge is 0.353 e. The number of thiazole rings is 1. The van der Waals surface area contributed by atoms with Crippen LogP contribution in [0, 0.1) is 0 Å². The van der Waals surface area contributed by atoms with Crippen LogP contribution in [0.15, 0.2) is 23.2 Å². The van der Waals surface area contributed by atoms with Gasteiger partial charge >= 0.3 is 0 Å². The molecule has 120 valence electrons. The molecule has 7 heteroatoms. The molecule has 0 saturated carbocycles. The minimum Gasteiger partial charge on any atom is -0.353 e. The molecule has 4 rings (SSSR count). The average Bonchev–Trinajstić information content (AvgIpc) is 3.24. The molecule has 3 aromatic rings. The first-order chi connectivity index (χ1) is 11.3. The molecular weight excluding hydrogens is 326 g/mol. The summed E-state index contributed by atoms with van der Waals surface area (Å²) in [4.78, 5) is 18.4. The van der Waals surface area contributed by atoms with Crippen molar-refractivity contribution in [2.45, 2.75) is 19.9 Å². The Kier molecular flexibility index (Phi) is 4.24. The lowest BCUT2D eigenvalue weighted by Crippen LogP contribution is -2.46. The highest BCUT2D eigenvalue weighted by Gasteiger charge is 2.21. The third kappa shape index (κ3) is 3.08. The van der Waals surface area contributed by atoms with Crippen LogP contribution >= 0.6 is 22.7 Å². The van der Waals surface area contributed by atoms with Crippen molar-refractivity contribution in [3.8, 4) is 0 Å².